The van der Waals surface area contributed by atoms with Crippen LogP contribution in [0.3, 0.4) is 0 Å². The smallest absolute Gasteiger partial charge is 0.316 e. The first-order valence-corrected chi connectivity index (χ1v) is 9.19. The standard InChI is InChI=1S/C14H18ClFN4O3S/c1-4-20-13(17-18-14(20)23-5-2)9(3)19-24(21,22)10-6-7-12(16)11(15)8-10/h6-9,19H,4-5H2,1-3H3/t9-/m1/s1. The van der Waals surface area contributed by atoms with Crippen molar-refractivity contribution in [2.75, 3.05) is 6.61 Å². The molecule has 0 aliphatic rings. The molecule has 1 aromatic heterocycles. The van der Waals surface area contributed by atoms with E-state index in [4.69, 9.17) is 16.3 Å². The molecule has 1 N–H and O–H groups in total. The van der Waals surface area contributed by atoms with Gasteiger partial charge in [-0.05, 0) is 39.0 Å². The van der Waals surface area contributed by atoms with E-state index >= 15 is 0 Å². The van der Waals surface area contributed by atoms with Crippen LogP contribution in [0.15, 0.2) is 23.1 Å². The summed E-state index contributed by atoms with van der Waals surface area (Å²) in [5, 5.41) is 7.64. The molecule has 24 heavy (non-hydrogen) atoms. The molecule has 2 aromatic rings. The monoisotopic (exact) mass is 376 g/mol. The summed E-state index contributed by atoms with van der Waals surface area (Å²) in [5.41, 5.74) is 0. The van der Waals surface area contributed by atoms with E-state index in [9.17, 15) is 12.8 Å². The lowest BCUT2D eigenvalue weighted by Gasteiger charge is -2.15. The largest absolute Gasteiger partial charge is 0.464 e. The van der Waals surface area contributed by atoms with E-state index in [1.807, 2.05) is 13.8 Å². The number of hydrogen-bond donors (Lipinski definition) is 1. The molecule has 132 valence electrons. The highest BCUT2D eigenvalue weighted by Crippen LogP contribution is 2.22. The summed E-state index contributed by atoms with van der Waals surface area (Å²) < 4.78 is 47.6. The van der Waals surface area contributed by atoms with Gasteiger partial charge < -0.3 is 4.74 Å². The Hall–Kier alpha value is -1.71. The normalized spacial score (nSPS) is 13.0. The molecule has 0 saturated heterocycles. The topological polar surface area (TPSA) is 86.1 Å². The fraction of sp³-hybridized carbons (Fsp3) is 0.429. The number of rotatable bonds is 7. The van der Waals surface area contributed by atoms with Gasteiger partial charge in [-0.15, -0.1) is 5.10 Å². The fourth-order valence-electron chi connectivity index (χ4n) is 2.15. The Kier molecular flexibility index (Phi) is 5.79. The van der Waals surface area contributed by atoms with Crippen LogP contribution in [0.2, 0.25) is 5.02 Å². The van der Waals surface area contributed by atoms with Crippen LogP contribution in [0, 0.1) is 5.82 Å². The van der Waals surface area contributed by atoms with Crippen LogP contribution >= 0.6 is 11.6 Å². The average Bonchev–Trinajstić information content (AvgIpc) is 2.92. The van der Waals surface area contributed by atoms with Crippen LogP contribution in [0.25, 0.3) is 0 Å². The summed E-state index contributed by atoms with van der Waals surface area (Å²) in [6, 6.07) is 2.86. The maximum absolute atomic E-state index is 13.2. The van der Waals surface area contributed by atoms with Crippen LogP contribution < -0.4 is 9.46 Å². The highest BCUT2D eigenvalue weighted by molar-refractivity contribution is 7.89. The Labute approximate surface area is 144 Å². The van der Waals surface area contributed by atoms with Crippen molar-refractivity contribution >= 4 is 21.6 Å². The molecule has 0 fully saturated rings. The van der Waals surface area contributed by atoms with E-state index in [1.54, 1.807) is 11.5 Å². The van der Waals surface area contributed by atoms with Gasteiger partial charge >= 0.3 is 6.01 Å². The molecule has 0 spiro atoms. The molecule has 1 aromatic carbocycles. The van der Waals surface area contributed by atoms with Gasteiger partial charge in [0.25, 0.3) is 0 Å². The number of nitrogens with one attached hydrogen (secondary N) is 1. The molecule has 0 aliphatic heterocycles. The number of benzene rings is 1. The Bertz CT molecular complexity index is 825. The Morgan fingerprint density at radius 1 is 1.38 bits per heavy atom. The van der Waals surface area contributed by atoms with Gasteiger partial charge in [0.05, 0.1) is 22.6 Å². The lowest BCUT2D eigenvalue weighted by molar-refractivity contribution is 0.294. The predicted molar refractivity (Wildman–Crippen MR) is 87.0 cm³/mol. The third-order valence-electron chi connectivity index (χ3n) is 3.26. The highest BCUT2D eigenvalue weighted by atomic mass is 35.5. The second kappa shape index (κ2) is 7.45. The molecule has 0 saturated carbocycles. The first kappa shape index (κ1) is 18.6. The van der Waals surface area contributed by atoms with E-state index in [0.717, 1.165) is 18.2 Å². The van der Waals surface area contributed by atoms with Gasteiger partial charge in [-0.1, -0.05) is 16.7 Å². The summed E-state index contributed by atoms with van der Waals surface area (Å²) in [6.07, 6.45) is 0. The van der Waals surface area contributed by atoms with Crippen molar-refractivity contribution in [2.24, 2.45) is 0 Å². The Balaban J connectivity index is 2.28. The quantitative estimate of drug-likeness (QED) is 0.802. The van der Waals surface area contributed by atoms with E-state index in [1.165, 1.54) is 0 Å². The molecule has 0 aliphatic carbocycles. The number of halogens is 2. The van der Waals surface area contributed by atoms with Crippen LogP contribution in [0.5, 0.6) is 6.01 Å². The molecule has 1 heterocycles. The zero-order valence-corrected chi connectivity index (χ0v) is 15.0. The van der Waals surface area contributed by atoms with E-state index in [2.05, 4.69) is 14.9 Å². The van der Waals surface area contributed by atoms with Gasteiger partial charge in [-0.3, -0.25) is 4.57 Å². The van der Waals surface area contributed by atoms with Crippen LogP contribution in [0.1, 0.15) is 32.6 Å². The highest BCUT2D eigenvalue weighted by Gasteiger charge is 2.24. The molecule has 0 radical (unpaired) electrons. The van der Waals surface area contributed by atoms with Crippen molar-refractivity contribution in [3.63, 3.8) is 0 Å². The molecule has 7 nitrogen and oxygen atoms in total. The van der Waals surface area contributed by atoms with Gasteiger partial charge in [0.2, 0.25) is 10.0 Å². The third-order valence-corrected chi connectivity index (χ3v) is 5.08. The zero-order chi connectivity index (χ0) is 17.9. The number of hydrogen-bond acceptors (Lipinski definition) is 5. The lowest BCUT2D eigenvalue weighted by atomic mass is 10.3. The summed E-state index contributed by atoms with van der Waals surface area (Å²) >= 11 is 5.65. The van der Waals surface area contributed by atoms with E-state index in [-0.39, 0.29) is 9.92 Å². The Morgan fingerprint density at radius 3 is 2.67 bits per heavy atom. The van der Waals surface area contributed by atoms with Crippen molar-refractivity contribution in [1.29, 1.82) is 0 Å². The summed E-state index contributed by atoms with van der Waals surface area (Å²) in [5.74, 6) is -0.270. The third kappa shape index (κ3) is 3.85. The van der Waals surface area contributed by atoms with Gasteiger partial charge in [0.1, 0.15) is 5.82 Å². The minimum Gasteiger partial charge on any atom is -0.464 e. The molecule has 0 unspecified atom stereocenters. The maximum Gasteiger partial charge on any atom is 0.316 e. The van der Waals surface area contributed by atoms with Crippen LogP contribution in [-0.2, 0) is 16.6 Å². The SMILES string of the molecule is CCOc1nnc([C@@H](C)NS(=O)(=O)c2ccc(F)c(Cl)c2)n1CC. The first-order chi connectivity index (χ1) is 11.3. The van der Waals surface area contributed by atoms with Crippen molar-refractivity contribution in [2.45, 2.75) is 38.3 Å². The summed E-state index contributed by atoms with van der Waals surface area (Å²) in [7, 11) is -3.90. The van der Waals surface area contributed by atoms with Crippen molar-refractivity contribution in [1.82, 2.24) is 19.5 Å². The second-order valence-electron chi connectivity index (χ2n) is 4.94. The van der Waals surface area contributed by atoms with Gasteiger partial charge in [-0.25, -0.2) is 17.5 Å². The van der Waals surface area contributed by atoms with Crippen molar-refractivity contribution in [3.8, 4) is 6.01 Å². The van der Waals surface area contributed by atoms with E-state index in [0.29, 0.717) is 25.0 Å². The average molecular weight is 377 g/mol. The van der Waals surface area contributed by atoms with Crippen molar-refractivity contribution in [3.05, 3.63) is 34.9 Å². The summed E-state index contributed by atoms with van der Waals surface area (Å²) in [4.78, 5) is -0.131. The zero-order valence-electron chi connectivity index (χ0n) is 13.5. The molecular weight excluding hydrogens is 359 g/mol. The number of nitrogens with zero attached hydrogens (tertiary/aromatic N) is 3. The Morgan fingerprint density at radius 2 is 2.08 bits per heavy atom. The molecule has 0 bridgehead atoms. The van der Waals surface area contributed by atoms with Crippen LogP contribution in [-0.4, -0.2) is 29.8 Å². The molecular formula is C14H18ClFN4O3S. The predicted octanol–water partition coefficient (Wildman–Crippen LogP) is 2.53. The first-order valence-electron chi connectivity index (χ1n) is 7.33. The molecule has 0 amide bonds. The number of aromatic nitrogens is 3. The van der Waals surface area contributed by atoms with Gasteiger partial charge in [0.15, 0.2) is 5.82 Å². The molecule has 2 rings (SSSR count). The minimum absolute atomic E-state index is 0.131. The summed E-state index contributed by atoms with van der Waals surface area (Å²) in [6.45, 7) is 6.27. The molecule has 1 atom stereocenters. The minimum atomic E-state index is -3.90. The van der Waals surface area contributed by atoms with Gasteiger partial charge in [-0.2, -0.15) is 0 Å². The van der Waals surface area contributed by atoms with Gasteiger partial charge in [0, 0.05) is 6.54 Å². The fourth-order valence-corrected chi connectivity index (χ4v) is 3.62. The molecule has 10 heteroatoms. The number of ether oxygens (including phenoxy) is 1. The van der Waals surface area contributed by atoms with Crippen molar-refractivity contribution < 1.29 is 17.5 Å². The second-order valence-corrected chi connectivity index (χ2v) is 7.06. The maximum atomic E-state index is 13.2. The lowest BCUT2D eigenvalue weighted by Crippen LogP contribution is -2.29. The number of sulfonamides is 1. The van der Waals surface area contributed by atoms with Crippen LogP contribution in [0.4, 0.5) is 4.39 Å². The van der Waals surface area contributed by atoms with E-state index < -0.39 is 21.9 Å².